The van der Waals surface area contributed by atoms with Gasteiger partial charge in [-0.15, -0.1) is 0 Å². The lowest BCUT2D eigenvalue weighted by Crippen LogP contribution is -2.08. The molecule has 0 amide bonds. The Morgan fingerprint density at radius 1 is 1.04 bits per heavy atom. The van der Waals surface area contributed by atoms with Gasteiger partial charge in [-0.1, -0.05) is 12.1 Å². The van der Waals surface area contributed by atoms with E-state index in [0.717, 1.165) is 11.3 Å². The standard InChI is InChI=1S/C17H16N8/c18-17-22-15(10-16(23-17)25-8-1-6-21-25)20-11-13-2-4-14(5-3-13)24-9-7-19-12-24/h1-10,12H,11H2,(H3,18,20,22,23). The monoisotopic (exact) mass is 332 g/mol. The van der Waals surface area contributed by atoms with Crippen LogP contribution in [0.2, 0.25) is 0 Å². The minimum atomic E-state index is 0.200. The fourth-order valence-electron chi connectivity index (χ4n) is 2.46. The number of nitrogens with zero attached hydrogens (tertiary/aromatic N) is 6. The maximum absolute atomic E-state index is 5.80. The molecule has 124 valence electrons. The zero-order valence-electron chi connectivity index (χ0n) is 13.3. The maximum atomic E-state index is 5.80. The van der Waals surface area contributed by atoms with Crippen molar-refractivity contribution in [1.82, 2.24) is 29.3 Å². The first-order valence-electron chi connectivity index (χ1n) is 7.74. The van der Waals surface area contributed by atoms with Crippen molar-refractivity contribution in [2.45, 2.75) is 6.54 Å². The lowest BCUT2D eigenvalue weighted by Gasteiger charge is -2.09. The van der Waals surface area contributed by atoms with Crippen LogP contribution in [0.4, 0.5) is 11.8 Å². The van der Waals surface area contributed by atoms with Gasteiger partial charge in [0, 0.05) is 43.1 Å². The van der Waals surface area contributed by atoms with E-state index in [9.17, 15) is 0 Å². The van der Waals surface area contributed by atoms with Crippen LogP contribution in [-0.2, 0) is 6.54 Å². The molecule has 4 rings (SSSR count). The van der Waals surface area contributed by atoms with Gasteiger partial charge >= 0.3 is 0 Å². The molecule has 0 saturated heterocycles. The van der Waals surface area contributed by atoms with Crippen LogP contribution in [0.1, 0.15) is 5.56 Å². The smallest absolute Gasteiger partial charge is 0.224 e. The zero-order chi connectivity index (χ0) is 17.1. The van der Waals surface area contributed by atoms with Gasteiger partial charge in [0.1, 0.15) is 5.82 Å². The predicted octanol–water partition coefficient (Wildman–Crippen LogP) is 2.04. The third-order valence-electron chi connectivity index (χ3n) is 3.68. The lowest BCUT2D eigenvalue weighted by molar-refractivity contribution is 0.842. The molecule has 1 aromatic carbocycles. The average Bonchev–Trinajstić information content (AvgIpc) is 3.33. The summed E-state index contributed by atoms with van der Waals surface area (Å²) in [5, 5.41) is 7.42. The molecule has 0 unspecified atom stereocenters. The first kappa shape index (κ1) is 14.9. The van der Waals surface area contributed by atoms with Gasteiger partial charge in [-0.2, -0.15) is 15.1 Å². The third kappa shape index (κ3) is 3.32. The predicted molar refractivity (Wildman–Crippen MR) is 94.5 cm³/mol. The normalized spacial score (nSPS) is 10.7. The summed E-state index contributed by atoms with van der Waals surface area (Å²) in [7, 11) is 0. The summed E-state index contributed by atoms with van der Waals surface area (Å²) >= 11 is 0. The summed E-state index contributed by atoms with van der Waals surface area (Å²) < 4.78 is 3.60. The summed E-state index contributed by atoms with van der Waals surface area (Å²) in [4.78, 5) is 12.5. The second-order valence-corrected chi connectivity index (χ2v) is 5.41. The Morgan fingerprint density at radius 2 is 1.92 bits per heavy atom. The Kier molecular flexibility index (Phi) is 3.83. The van der Waals surface area contributed by atoms with Crippen LogP contribution < -0.4 is 11.1 Å². The minimum Gasteiger partial charge on any atom is -0.368 e. The first-order valence-corrected chi connectivity index (χ1v) is 7.74. The highest BCUT2D eigenvalue weighted by atomic mass is 15.3. The number of nitrogen functional groups attached to an aromatic ring is 1. The molecule has 0 spiro atoms. The number of anilines is 2. The van der Waals surface area contributed by atoms with E-state index >= 15 is 0 Å². The molecule has 3 heterocycles. The van der Waals surface area contributed by atoms with Gasteiger partial charge in [-0.05, 0) is 23.8 Å². The lowest BCUT2D eigenvalue weighted by atomic mass is 10.2. The molecule has 8 heteroatoms. The molecule has 0 fully saturated rings. The van der Waals surface area contributed by atoms with Crippen LogP contribution in [0.25, 0.3) is 11.5 Å². The van der Waals surface area contributed by atoms with Gasteiger partial charge < -0.3 is 15.6 Å². The third-order valence-corrected chi connectivity index (χ3v) is 3.68. The Hall–Kier alpha value is -3.68. The number of imidazole rings is 1. The van der Waals surface area contributed by atoms with E-state index in [1.807, 2.05) is 35.0 Å². The van der Waals surface area contributed by atoms with E-state index in [-0.39, 0.29) is 5.95 Å². The number of aromatic nitrogens is 6. The number of benzene rings is 1. The molecule has 25 heavy (non-hydrogen) atoms. The molecular weight excluding hydrogens is 316 g/mol. The van der Waals surface area contributed by atoms with Crippen molar-refractivity contribution in [3.63, 3.8) is 0 Å². The Bertz CT molecular complexity index is 943. The highest BCUT2D eigenvalue weighted by molar-refractivity contribution is 5.46. The summed E-state index contributed by atoms with van der Waals surface area (Å²) in [6.07, 6.45) is 8.93. The molecule has 3 aromatic heterocycles. The Balaban J connectivity index is 1.48. The molecule has 8 nitrogen and oxygen atoms in total. The van der Waals surface area contributed by atoms with Crippen molar-refractivity contribution in [2.24, 2.45) is 0 Å². The van der Waals surface area contributed by atoms with Crippen molar-refractivity contribution >= 4 is 11.8 Å². The van der Waals surface area contributed by atoms with Crippen LogP contribution >= 0.6 is 0 Å². The molecule has 0 saturated carbocycles. The van der Waals surface area contributed by atoms with E-state index in [4.69, 9.17) is 5.73 Å². The molecule has 0 aliphatic carbocycles. The molecule has 0 atom stereocenters. The van der Waals surface area contributed by atoms with Crippen molar-refractivity contribution in [2.75, 3.05) is 11.1 Å². The highest BCUT2D eigenvalue weighted by Crippen LogP contribution is 2.14. The van der Waals surface area contributed by atoms with E-state index in [2.05, 4.69) is 37.5 Å². The van der Waals surface area contributed by atoms with Crippen molar-refractivity contribution in [3.8, 4) is 11.5 Å². The summed E-state index contributed by atoms with van der Waals surface area (Å²) in [6, 6.07) is 11.8. The van der Waals surface area contributed by atoms with Crippen LogP contribution in [0.5, 0.6) is 0 Å². The average molecular weight is 332 g/mol. The van der Waals surface area contributed by atoms with E-state index in [1.54, 1.807) is 29.6 Å². The number of rotatable bonds is 5. The van der Waals surface area contributed by atoms with Crippen molar-refractivity contribution in [3.05, 3.63) is 73.1 Å². The molecule has 4 aromatic rings. The molecular formula is C17H16N8. The summed E-state index contributed by atoms with van der Waals surface area (Å²) in [6.45, 7) is 0.624. The molecule has 0 bridgehead atoms. The van der Waals surface area contributed by atoms with Crippen LogP contribution in [0.15, 0.2) is 67.5 Å². The van der Waals surface area contributed by atoms with E-state index in [0.29, 0.717) is 18.2 Å². The van der Waals surface area contributed by atoms with Gasteiger partial charge in [0.25, 0.3) is 0 Å². The summed E-state index contributed by atoms with van der Waals surface area (Å²) in [5.41, 5.74) is 7.99. The minimum absolute atomic E-state index is 0.200. The highest BCUT2D eigenvalue weighted by Gasteiger charge is 2.05. The van der Waals surface area contributed by atoms with Gasteiger partial charge in [0.05, 0.1) is 6.33 Å². The van der Waals surface area contributed by atoms with Gasteiger partial charge in [-0.25, -0.2) is 9.67 Å². The van der Waals surface area contributed by atoms with Crippen LogP contribution in [0, 0.1) is 0 Å². The topological polar surface area (TPSA) is 99.5 Å². The zero-order valence-corrected chi connectivity index (χ0v) is 13.3. The van der Waals surface area contributed by atoms with Crippen LogP contribution in [0.3, 0.4) is 0 Å². The molecule has 3 N–H and O–H groups in total. The second kappa shape index (κ2) is 6.44. The van der Waals surface area contributed by atoms with Crippen LogP contribution in [-0.4, -0.2) is 29.3 Å². The van der Waals surface area contributed by atoms with Crippen molar-refractivity contribution < 1.29 is 0 Å². The fraction of sp³-hybridized carbons (Fsp3) is 0.0588. The van der Waals surface area contributed by atoms with Gasteiger partial charge in [-0.3, -0.25) is 0 Å². The number of hydrogen-bond acceptors (Lipinski definition) is 6. The number of nitrogens with one attached hydrogen (secondary N) is 1. The van der Waals surface area contributed by atoms with Gasteiger partial charge in [0.2, 0.25) is 5.95 Å². The molecule has 0 radical (unpaired) electrons. The summed E-state index contributed by atoms with van der Waals surface area (Å²) in [5.74, 6) is 1.47. The van der Waals surface area contributed by atoms with E-state index in [1.165, 1.54) is 0 Å². The Morgan fingerprint density at radius 3 is 2.64 bits per heavy atom. The largest absolute Gasteiger partial charge is 0.368 e. The Labute approximate surface area is 144 Å². The fourth-order valence-corrected chi connectivity index (χ4v) is 2.46. The SMILES string of the molecule is Nc1nc(NCc2ccc(-n3ccnc3)cc2)cc(-n2cccn2)n1. The molecule has 0 aliphatic heterocycles. The number of nitrogens with two attached hydrogens (primary N) is 1. The van der Waals surface area contributed by atoms with E-state index < -0.39 is 0 Å². The van der Waals surface area contributed by atoms with Crippen molar-refractivity contribution in [1.29, 1.82) is 0 Å². The number of hydrogen-bond donors (Lipinski definition) is 2. The second-order valence-electron chi connectivity index (χ2n) is 5.41. The molecule has 0 aliphatic rings. The maximum Gasteiger partial charge on any atom is 0.224 e. The first-order chi connectivity index (χ1) is 12.3. The van der Waals surface area contributed by atoms with Gasteiger partial charge in [0.15, 0.2) is 5.82 Å². The quantitative estimate of drug-likeness (QED) is 0.580.